The molecule has 2 aliphatic rings. The van der Waals surface area contributed by atoms with Gasteiger partial charge in [0, 0.05) is 12.4 Å². The molecule has 1 saturated carbocycles. The molecule has 1 heterocycles. The first-order chi connectivity index (χ1) is 7.46. The average molecular weight is 244 g/mol. The Morgan fingerprint density at radius 3 is 2.75 bits per heavy atom. The van der Waals surface area contributed by atoms with Crippen LogP contribution in [-0.4, -0.2) is 39.1 Å². The van der Waals surface area contributed by atoms with Crippen molar-refractivity contribution in [3.05, 3.63) is 11.8 Å². The van der Waals surface area contributed by atoms with Gasteiger partial charge < -0.3 is 4.74 Å². The van der Waals surface area contributed by atoms with Gasteiger partial charge in [0.15, 0.2) is 0 Å². The van der Waals surface area contributed by atoms with E-state index in [1.54, 1.807) is 12.4 Å². The van der Waals surface area contributed by atoms with Crippen molar-refractivity contribution in [2.24, 2.45) is 4.99 Å². The zero-order chi connectivity index (χ0) is 11.8. The molecule has 2 rings (SSSR count). The van der Waals surface area contributed by atoms with E-state index >= 15 is 0 Å². The summed E-state index contributed by atoms with van der Waals surface area (Å²) in [5, 5.41) is 0. The van der Waals surface area contributed by atoms with Crippen molar-refractivity contribution in [2.75, 3.05) is 6.26 Å². The Morgan fingerprint density at radius 2 is 2.19 bits per heavy atom. The van der Waals surface area contributed by atoms with Crippen LogP contribution >= 0.6 is 0 Å². The van der Waals surface area contributed by atoms with Gasteiger partial charge in [-0.1, -0.05) is 0 Å². The van der Waals surface area contributed by atoms with Crippen molar-refractivity contribution in [1.29, 1.82) is 0 Å². The number of nitrogens with one attached hydrogen (secondary N) is 1. The fraction of sp³-hybridized carbons (Fsp3) is 0.700. The Balaban J connectivity index is 2.08. The molecule has 2 atom stereocenters. The minimum Gasteiger partial charge on any atom is -0.369 e. The highest BCUT2D eigenvalue weighted by Crippen LogP contribution is 2.28. The highest BCUT2D eigenvalue weighted by molar-refractivity contribution is 7.88. The van der Waals surface area contributed by atoms with Crippen molar-refractivity contribution >= 4 is 16.2 Å². The topological polar surface area (TPSA) is 67.8 Å². The van der Waals surface area contributed by atoms with Gasteiger partial charge in [-0.25, -0.2) is 13.1 Å². The first-order valence-corrected chi connectivity index (χ1v) is 7.17. The van der Waals surface area contributed by atoms with Gasteiger partial charge in [-0.3, -0.25) is 4.99 Å². The third kappa shape index (κ3) is 3.13. The van der Waals surface area contributed by atoms with Gasteiger partial charge in [-0.2, -0.15) is 0 Å². The number of ether oxygens (including phenoxy) is 1. The maximum Gasteiger partial charge on any atom is 0.209 e. The fourth-order valence-corrected chi connectivity index (χ4v) is 2.31. The van der Waals surface area contributed by atoms with Crippen LogP contribution in [0.5, 0.6) is 0 Å². The van der Waals surface area contributed by atoms with Crippen LogP contribution in [-0.2, 0) is 14.8 Å². The molecule has 0 spiro atoms. The van der Waals surface area contributed by atoms with Gasteiger partial charge in [0.1, 0.15) is 6.10 Å². The van der Waals surface area contributed by atoms with Crippen LogP contribution in [0, 0.1) is 0 Å². The molecular formula is C10H16N2O3S. The largest absolute Gasteiger partial charge is 0.369 e. The molecule has 1 aliphatic carbocycles. The lowest BCUT2D eigenvalue weighted by Gasteiger charge is -2.27. The average Bonchev–Trinajstić information content (AvgIpc) is 2.92. The standard InChI is InChI=1S/C10H16N2O3S/c1-7-5-11-6-9(12-16(2,13)14)10(7)15-8-3-4-8/h5-6,8-10,12H,3-4H2,1-2H3. The zero-order valence-electron chi connectivity index (χ0n) is 9.38. The first-order valence-electron chi connectivity index (χ1n) is 5.28. The quantitative estimate of drug-likeness (QED) is 0.780. The maximum atomic E-state index is 11.2. The molecule has 5 nitrogen and oxygen atoms in total. The van der Waals surface area contributed by atoms with E-state index in [4.69, 9.17) is 4.74 Å². The van der Waals surface area contributed by atoms with E-state index in [-0.39, 0.29) is 18.2 Å². The zero-order valence-corrected chi connectivity index (χ0v) is 10.2. The van der Waals surface area contributed by atoms with E-state index in [1.807, 2.05) is 6.92 Å². The van der Waals surface area contributed by atoms with E-state index in [0.717, 1.165) is 24.7 Å². The van der Waals surface area contributed by atoms with Crippen molar-refractivity contribution in [1.82, 2.24) is 4.72 Å². The van der Waals surface area contributed by atoms with Crippen molar-refractivity contribution in [3.8, 4) is 0 Å². The summed E-state index contributed by atoms with van der Waals surface area (Å²) in [5.41, 5.74) is 0.954. The number of nitrogens with zero attached hydrogens (tertiary/aromatic N) is 1. The van der Waals surface area contributed by atoms with E-state index in [1.165, 1.54) is 0 Å². The third-order valence-electron chi connectivity index (χ3n) is 2.51. The van der Waals surface area contributed by atoms with Crippen molar-refractivity contribution in [3.63, 3.8) is 0 Å². The molecular weight excluding hydrogens is 228 g/mol. The Bertz CT molecular complexity index is 423. The summed E-state index contributed by atoms with van der Waals surface area (Å²) in [7, 11) is -3.24. The third-order valence-corrected chi connectivity index (χ3v) is 3.21. The highest BCUT2D eigenvalue weighted by Gasteiger charge is 2.33. The van der Waals surface area contributed by atoms with Gasteiger partial charge in [0.05, 0.1) is 18.4 Å². The van der Waals surface area contributed by atoms with Crippen LogP contribution in [0.1, 0.15) is 19.8 Å². The normalized spacial score (nSPS) is 30.2. The summed E-state index contributed by atoms with van der Waals surface area (Å²) in [6, 6.07) is -0.388. The molecule has 0 aromatic carbocycles. The number of rotatable bonds is 4. The lowest BCUT2D eigenvalue weighted by molar-refractivity contribution is 0.0562. The van der Waals surface area contributed by atoms with E-state index in [2.05, 4.69) is 9.71 Å². The molecule has 1 fully saturated rings. The maximum absolute atomic E-state index is 11.2. The molecule has 6 heteroatoms. The molecule has 1 aliphatic heterocycles. The predicted octanol–water partition coefficient (Wildman–Crippen LogP) is 0.440. The van der Waals surface area contributed by atoms with Crippen LogP contribution in [0.25, 0.3) is 0 Å². The number of aliphatic imine (C=N–C) groups is 1. The van der Waals surface area contributed by atoms with E-state index in [0.29, 0.717) is 0 Å². The molecule has 0 saturated heterocycles. The Hall–Kier alpha value is -0.720. The summed E-state index contributed by atoms with van der Waals surface area (Å²) >= 11 is 0. The Morgan fingerprint density at radius 1 is 1.50 bits per heavy atom. The molecule has 0 radical (unpaired) electrons. The predicted molar refractivity (Wildman–Crippen MR) is 61.9 cm³/mol. The van der Waals surface area contributed by atoms with Gasteiger partial charge in [-0.15, -0.1) is 0 Å². The number of hydrogen-bond acceptors (Lipinski definition) is 4. The molecule has 90 valence electrons. The van der Waals surface area contributed by atoms with Gasteiger partial charge in [0.2, 0.25) is 10.0 Å². The first kappa shape index (κ1) is 11.8. The molecule has 0 bridgehead atoms. The van der Waals surface area contributed by atoms with Crippen molar-refractivity contribution in [2.45, 2.75) is 38.0 Å². The minimum absolute atomic E-state index is 0.222. The molecule has 0 amide bonds. The van der Waals surface area contributed by atoms with E-state index < -0.39 is 10.0 Å². The smallest absolute Gasteiger partial charge is 0.209 e. The molecule has 2 unspecified atom stereocenters. The Kier molecular flexibility index (Phi) is 3.14. The van der Waals surface area contributed by atoms with Gasteiger partial charge in [-0.05, 0) is 25.3 Å². The highest BCUT2D eigenvalue weighted by atomic mass is 32.2. The second-order valence-electron chi connectivity index (χ2n) is 4.34. The van der Waals surface area contributed by atoms with Gasteiger partial charge in [0.25, 0.3) is 0 Å². The fourth-order valence-electron chi connectivity index (χ4n) is 1.63. The minimum atomic E-state index is -3.24. The number of hydrogen-bond donors (Lipinski definition) is 1. The second-order valence-corrected chi connectivity index (χ2v) is 6.12. The summed E-state index contributed by atoms with van der Waals surface area (Å²) in [6.07, 6.45) is 6.62. The second kappa shape index (κ2) is 4.27. The van der Waals surface area contributed by atoms with Crippen LogP contribution < -0.4 is 4.72 Å². The SMILES string of the molecule is CC1=CN=CC(NS(C)(=O)=O)C1OC1CC1. The summed E-state index contributed by atoms with van der Waals surface area (Å²) in [4.78, 5) is 4.01. The van der Waals surface area contributed by atoms with Crippen molar-refractivity contribution < 1.29 is 13.2 Å². The van der Waals surface area contributed by atoms with Crippen LogP contribution in [0.3, 0.4) is 0 Å². The summed E-state index contributed by atoms with van der Waals surface area (Å²) in [5.74, 6) is 0. The molecule has 16 heavy (non-hydrogen) atoms. The molecule has 1 N–H and O–H groups in total. The van der Waals surface area contributed by atoms with E-state index in [9.17, 15) is 8.42 Å². The number of sulfonamides is 1. The molecule has 0 aromatic heterocycles. The lowest BCUT2D eigenvalue weighted by Crippen LogP contribution is -2.47. The van der Waals surface area contributed by atoms with Crippen LogP contribution in [0.4, 0.5) is 0 Å². The Labute approximate surface area is 95.6 Å². The van der Waals surface area contributed by atoms with Crippen LogP contribution in [0.15, 0.2) is 16.8 Å². The lowest BCUT2D eigenvalue weighted by atomic mass is 10.0. The summed E-state index contributed by atoms with van der Waals surface area (Å²) in [6.45, 7) is 1.90. The van der Waals surface area contributed by atoms with Gasteiger partial charge >= 0.3 is 0 Å². The molecule has 0 aromatic rings. The summed E-state index contributed by atoms with van der Waals surface area (Å²) < 4.78 is 30.7. The monoisotopic (exact) mass is 244 g/mol. The van der Waals surface area contributed by atoms with Crippen LogP contribution in [0.2, 0.25) is 0 Å².